The molecule has 1 N–H and O–H groups in total. The minimum absolute atomic E-state index is 0.502. The van der Waals surface area contributed by atoms with Crippen molar-refractivity contribution in [3.63, 3.8) is 0 Å². The van der Waals surface area contributed by atoms with E-state index in [4.69, 9.17) is 0 Å². The number of rotatable bonds is 0. The smallest absolute Gasteiger partial charge is 0.120 e. The van der Waals surface area contributed by atoms with Gasteiger partial charge in [-0.2, -0.15) is 0 Å². The van der Waals surface area contributed by atoms with Crippen LogP contribution in [0.5, 0.6) is 5.75 Å². The summed E-state index contributed by atoms with van der Waals surface area (Å²) in [5.74, 6) is 0.502. The summed E-state index contributed by atoms with van der Waals surface area (Å²) in [5.41, 5.74) is 4.00. The van der Waals surface area contributed by atoms with Crippen LogP contribution in [0.1, 0.15) is 30.4 Å². The van der Waals surface area contributed by atoms with Crippen LogP contribution in [0, 0.1) is 0 Å². The lowest BCUT2D eigenvalue weighted by Gasteiger charge is -2.32. The number of anilines is 1. The van der Waals surface area contributed by atoms with Gasteiger partial charge in [0.25, 0.3) is 0 Å². The molecular formula is C13H17NO. The second-order valence-electron chi connectivity index (χ2n) is 4.62. The number of nitrogens with zero attached hydrogens (tertiary/aromatic N) is 1. The van der Waals surface area contributed by atoms with E-state index in [-0.39, 0.29) is 0 Å². The Morgan fingerprint density at radius 3 is 2.80 bits per heavy atom. The predicted octanol–water partition coefficient (Wildman–Crippen LogP) is 2.48. The highest BCUT2D eigenvalue weighted by Crippen LogP contribution is 2.38. The number of phenolic OH excluding ortho intramolecular Hbond substituents is 1. The lowest BCUT2D eigenvalue weighted by Crippen LogP contribution is -2.30. The summed E-state index contributed by atoms with van der Waals surface area (Å²) in [6, 6.07) is 3.98. The Hall–Kier alpha value is -1.18. The van der Waals surface area contributed by atoms with Crippen molar-refractivity contribution < 1.29 is 5.11 Å². The highest BCUT2D eigenvalue weighted by Gasteiger charge is 2.23. The van der Waals surface area contributed by atoms with E-state index in [1.165, 1.54) is 55.6 Å². The molecule has 80 valence electrons. The van der Waals surface area contributed by atoms with Gasteiger partial charge in [-0.15, -0.1) is 0 Å². The Balaban J connectivity index is 2.19. The summed E-state index contributed by atoms with van der Waals surface area (Å²) in [4.78, 5) is 2.47. The van der Waals surface area contributed by atoms with Crippen LogP contribution in [-0.2, 0) is 12.8 Å². The number of aryl methyl sites for hydroxylation is 1. The van der Waals surface area contributed by atoms with Crippen molar-refractivity contribution in [2.24, 2.45) is 0 Å². The van der Waals surface area contributed by atoms with Gasteiger partial charge >= 0.3 is 0 Å². The van der Waals surface area contributed by atoms with E-state index < -0.39 is 0 Å². The normalized spacial score (nSPS) is 19.6. The quantitative estimate of drug-likeness (QED) is 0.700. The fraction of sp³-hybridized carbons (Fsp3) is 0.538. The molecule has 0 fully saturated rings. The van der Waals surface area contributed by atoms with Crippen molar-refractivity contribution in [2.75, 3.05) is 18.0 Å². The summed E-state index contributed by atoms with van der Waals surface area (Å²) >= 11 is 0. The Labute approximate surface area is 90.5 Å². The van der Waals surface area contributed by atoms with E-state index in [9.17, 15) is 5.11 Å². The summed E-state index contributed by atoms with van der Waals surface area (Å²) in [6.07, 6.45) is 5.95. The molecule has 0 unspecified atom stereocenters. The van der Waals surface area contributed by atoms with E-state index in [0.29, 0.717) is 5.75 Å². The molecular weight excluding hydrogens is 186 g/mol. The lowest BCUT2D eigenvalue weighted by atomic mass is 9.96. The number of benzene rings is 1. The number of aromatic hydroxyl groups is 1. The lowest BCUT2D eigenvalue weighted by molar-refractivity contribution is 0.467. The third-order valence-electron chi connectivity index (χ3n) is 3.64. The molecule has 1 aromatic rings. The highest BCUT2D eigenvalue weighted by atomic mass is 16.3. The largest absolute Gasteiger partial charge is 0.508 e. The Bertz CT molecular complexity index is 386. The number of phenols is 1. The first-order valence-electron chi connectivity index (χ1n) is 5.95. The molecule has 0 atom stereocenters. The maximum atomic E-state index is 9.92. The molecule has 2 aliphatic rings. The van der Waals surface area contributed by atoms with Crippen LogP contribution in [0.15, 0.2) is 12.1 Å². The predicted molar refractivity (Wildman–Crippen MR) is 61.6 cm³/mol. The van der Waals surface area contributed by atoms with Gasteiger partial charge < -0.3 is 10.0 Å². The molecule has 0 aromatic heterocycles. The van der Waals surface area contributed by atoms with Crippen molar-refractivity contribution in [3.8, 4) is 5.75 Å². The van der Waals surface area contributed by atoms with Crippen LogP contribution < -0.4 is 4.90 Å². The SMILES string of the molecule is Oc1ccc2c3c1CCCCN3CCC2. The zero-order valence-corrected chi connectivity index (χ0v) is 9.00. The molecule has 0 radical (unpaired) electrons. The van der Waals surface area contributed by atoms with Gasteiger partial charge in [-0.25, -0.2) is 0 Å². The molecule has 0 saturated carbocycles. The average Bonchev–Trinajstić information content (AvgIpc) is 2.48. The molecule has 2 nitrogen and oxygen atoms in total. The Kier molecular flexibility index (Phi) is 2.08. The minimum Gasteiger partial charge on any atom is -0.508 e. The third kappa shape index (κ3) is 1.39. The van der Waals surface area contributed by atoms with Crippen molar-refractivity contribution in [1.29, 1.82) is 0 Å². The van der Waals surface area contributed by atoms with Crippen LogP contribution >= 0.6 is 0 Å². The van der Waals surface area contributed by atoms with E-state index in [0.717, 1.165) is 6.42 Å². The monoisotopic (exact) mass is 203 g/mol. The molecule has 0 aliphatic carbocycles. The first-order chi connectivity index (χ1) is 7.36. The molecule has 2 heterocycles. The standard InChI is InChI=1S/C13H17NO/c15-12-7-6-10-4-3-9-14-8-2-1-5-11(12)13(10)14/h6-7,15H,1-5,8-9H2. The fourth-order valence-corrected chi connectivity index (χ4v) is 2.92. The number of hydrogen-bond donors (Lipinski definition) is 1. The van der Waals surface area contributed by atoms with Crippen molar-refractivity contribution in [1.82, 2.24) is 0 Å². The van der Waals surface area contributed by atoms with Crippen LogP contribution in [0.4, 0.5) is 5.69 Å². The van der Waals surface area contributed by atoms with Crippen LogP contribution in [0.3, 0.4) is 0 Å². The van der Waals surface area contributed by atoms with Crippen LogP contribution in [-0.4, -0.2) is 18.2 Å². The third-order valence-corrected chi connectivity index (χ3v) is 3.64. The molecule has 0 bridgehead atoms. The summed E-state index contributed by atoms with van der Waals surface area (Å²) in [7, 11) is 0. The Morgan fingerprint density at radius 1 is 1.00 bits per heavy atom. The van der Waals surface area contributed by atoms with Crippen molar-refractivity contribution in [3.05, 3.63) is 23.3 Å². The molecule has 0 saturated heterocycles. The maximum absolute atomic E-state index is 9.92. The van der Waals surface area contributed by atoms with Gasteiger partial charge in [0.05, 0.1) is 0 Å². The van der Waals surface area contributed by atoms with Gasteiger partial charge in [0.15, 0.2) is 0 Å². The van der Waals surface area contributed by atoms with Crippen molar-refractivity contribution in [2.45, 2.75) is 32.1 Å². The van der Waals surface area contributed by atoms with Crippen LogP contribution in [0.25, 0.3) is 0 Å². The maximum Gasteiger partial charge on any atom is 0.120 e. The summed E-state index contributed by atoms with van der Waals surface area (Å²) in [6.45, 7) is 2.34. The molecule has 15 heavy (non-hydrogen) atoms. The number of hydrogen-bond acceptors (Lipinski definition) is 2. The fourth-order valence-electron chi connectivity index (χ4n) is 2.92. The van der Waals surface area contributed by atoms with E-state index in [1.54, 1.807) is 0 Å². The first kappa shape index (κ1) is 9.08. The molecule has 2 aliphatic heterocycles. The molecule has 0 spiro atoms. The van der Waals surface area contributed by atoms with Gasteiger partial charge in [-0.05, 0) is 43.7 Å². The topological polar surface area (TPSA) is 23.5 Å². The molecule has 1 aromatic carbocycles. The van der Waals surface area contributed by atoms with Crippen LogP contribution in [0.2, 0.25) is 0 Å². The zero-order valence-electron chi connectivity index (χ0n) is 9.00. The summed E-state index contributed by atoms with van der Waals surface area (Å²) < 4.78 is 0. The highest BCUT2D eigenvalue weighted by molar-refractivity contribution is 5.66. The average molecular weight is 203 g/mol. The van der Waals surface area contributed by atoms with Gasteiger partial charge in [-0.1, -0.05) is 6.07 Å². The van der Waals surface area contributed by atoms with Crippen molar-refractivity contribution >= 4 is 5.69 Å². The van der Waals surface area contributed by atoms with Gasteiger partial charge in [0.1, 0.15) is 5.75 Å². The second kappa shape index (κ2) is 3.44. The molecule has 0 amide bonds. The second-order valence-corrected chi connectivity index (χ2v) is 4.62. The van der Waals surface area contributed by atoms with Gasteiger partial charge in [-0.3, -0.25) is 0 Å². The van der Waals surface area contributed by atoms with E-state index in [1.807, 2.05) is 6.07 Å². The molecule has 2 heteroatoms. The first-order valence-corrected chi connectivity index (χ1v) is 5.95. The van der Waals surface area contributed by atoms with Gasteiger partial charge in [0, 0.05) is 24.3 Å². The van der Waals surface area contributed by atoms with Gasteiger partial charge in [0.2, 0.25) is 0 Å². The van der Waals surface area contributed by atoms with E-state index in [2.05, 4.69) is 11.0 Å². The van der Waals surface area contributed by atoms with E-state index >= 15 is 0 Å². The zero-order chi connectivity index (χ0) is 10.3. The summed E-state index contributed by atoms with van der Waals surface area (Å²) in [5, 5.41) is 9.92. The molecule has 3 rings (SSSR count). The minimum atomic E-state index is 0.502. The Morgan fingerprint density at radius 2 is 1.87 bits per heavy atom.